The molecule has 1 aromatic heterocycles. The van der Waals surface area contributed by atoms with Crippen LogP contribution in [-0.2, 0) is 21.0 Å². The Labute approximate surface area is 129 Å². The number of halogens is 4. The molecule has 2 rings (SSSR count). The third kappa shape index (κ3) is 3.87. The first-order valence-electron chi connectivity index (χ1n) is 6.01. The lowest BCUT2D eigenvalue weighted by atomic mass is 10.1. The lowest BCUT2D eigenvalue weighted by Crippen LogP contribution is -2.28. The zero-order valence-corrected chi connectivity index (χ0v) is 12.5. The first kappa shape index (κ1) is 17.0. The summed E-state index contributed by atoms with van der Waals surface area (Å²) in [5.74, 6) is -1.55. The highest BCUT2D eigenvalue weighted by Crippen LogP contribution is 2.35. The number of hydrogen-bond acceptors (Lipinski definition) is 4. The smallest absolute Gasteiger partial charge is 0.295 e. The molecule has 2 N–H and O–H groups in total. The zero-order valence-electron chi connectivity index (χ0n) is 11.0. The fourth-order valence-electron chi connectivity index (χ4n) is 2.21. The van der Waals surface area contributed by atoms with E-state index in [0.29, 0.717) is 12.3 Å². The van der Waals surface area contributed by atoms with E-state index >= 15 is 0 Å². The lowest BCUT2D eigenvalue weighted by molar-refractivity contribution is -0.137. The van der Waals surface area contributed by atoms with Gasteiger partial charge in [0.15, 0.2) is 5.82 Å². The van der Waals surface area contributed by atoms with Crippen LogP contribution in [0.3, 0.4) is 0 Å². The molecule has 0 bridgehead atoms. The molecule has 6 nitrogen and oxygen atoms in total. The summed E-state index contributed by atoms with van der Waals surface area (Å²) in [6.07, 6.45) is -4.11. The average Bonchev–Trinajstić information content (AvgIpc) is 2.66. The van der Waals surface area contributed by atoms with Gasteiger partial charge in [-0.3, -0.25) is 9.69 Å². The monoisotopic (exact) mass is 357 g/mol. The van der Waals surface area contributed by atoms with Crippen molar-refractivity contribution in [2.45, 2.75) is 12.6 Å². The predicted octanol–water partition coefficient (Wildman–Crippen LogP) is 1.40. The number of amides is 1. The summed E-state index contributed by atoms with van der Waals surface area (Å²) in [7, 11) is -3.75. The summed E-state index contributed by atoms with van der Waals surface area (Å²) in [6.45, 7) is -0.0205. The maximum Gasteiger partial charge on any atom is 0.417 e. The number of alkyl halides is 3. The maximum atomic E-state index is 12.5. The van der Waals surface area contributed by atoms with Crippen LogP contribution in [0.2, 0.25) is 5.02 Å². The summed E-state index contributed by atoms with van der Waals surface area (Å²) in [5, 5.41) is 4.58. The van der Waals surface area contributed by atoms with Crippen molar-refractivity contribution in [1.82, 2.24) is 4.98 Å². The number of primary sulfonamides is 1. The minimum atomic E-state index is -4.60. The fourth-order valence-corrected chi connectivity index (χ4v) is 3.36. The summed E-state index contributed by atoms with van der Waals surface area (Å²) in [5.41, 5.74) is -1.03. The highest BCUT2D eigenvalue weighted by atomic mass is 35.5. The molecule has 1 aromatic rings. The van der Waals surface area contributed by atoms with Gasteiger partial charge in [-0.1, -0.05) is 11.6 Å². The van der Waals surface area contributed by atoms with Gasteiger partial charge < -0.3 is 0 Å². The molecule has 2 heterocycles. The summed E-state index contributed by atoms with van der Waals surface area (Å²) < 4.78 is 59.7. The van der Waals surface area contributed by atoms with E-state index in [2.05, 4.69) is 4.98 Å². The number of rotatable bonds is 3. The van der Waals surface area contributed by atoms with Gasteiger partial charge in [0.2, 0.25) is 15.9 Å². The molecule has 0 radical (unpaired) electrons. The van der Waals surface area contributed by atoms with Crippen LogP contribution in [0.5, 0.6) is 0 Å². The van der Waals surface area contributed by atoms with Crippen LogP contribution in [0.4, 0.5) is 19.0 Å². The van der Waals surface area contributed by atoms with Gasteiger partial charge in [0.05, 0.1) is 16.3 Å². The van der Waals surface area contributed by atoms with Crippen LogP contribution in [0, 0.1) is 5.92 Å². The molecular weight excluding hydrogens is 347 g/mol. The van der Waals surface area contributed by atoms with E-state index in [9.17, 15) is 26.4 Å². The Bertz CT molecular complexity index is 708. The second-order valence-corrected chi connectivity index (χ2v) is 7.00. The lowest BCUT2D eigenvalue weighted by Gasteiger charge is -2.18. The highest BCUT2D eigenvalue weighted by molar-refractivity contribution is 7.89. The summed E-state index contributed by atoms with van der Waals surface area (Å²) in [4.78, 5) is 16.5. The largest absolute Gasteiger partial charge is 0.417 e. The molecule has 1 atom stereocenters. The Balaban J connectivity index is 2.24. The van der Waals surface area contributed by atoms with Crippen molar-refractivity contribution in [3.8, 4) is 0 Å². The van der Waals surface area contributed by atoms with Crippen LogP contribution in [-0.4, -0.2) is 31.6 Å². The van der Waals surface area contributed by atoms with Gasteiger partial charge in [-0.05, 0) is 6.07 Å². The van der Waals surface area contributed by atoms with Crippen molar-refractivity contribution in [3.05, 3.63) is 22.8 Å². The van der Waals surface area contributed by atoms with Gasteiger partial charge in [0, 0.05) is 25.1 Å². The summed E-state index contributed by atoms with van der Waals surface area (Å²) >= 11 is 5.76. The second-order valence-electron chi connectivity index (χ2n) is 4.93. The number of carbonyl (C=O) groups is 1. The number of hydrogen-bond donors (Lipinski definition) is 1. The van der Waals surface area contributed by atoms with E-state index in [-0.39, 0.29) is 23.8 Å². The summed E-state index contributed by atoms with van der Waals surface area (Å²) in [6, 6.07) is 0.671. The number of pyridine rings is 1. The Kier molecular flexibility index (Phi) is 4.37. The molecule has 1 aliphatic heterocycles. The number of carbonyl (C=O) groups excluding carboxylic acids is 1. The quantitative estimate of drug-likeness (QED) is 0.884. The third-order valence-corrected chi connectivity index (χ3v) is 4.29. The van der Waals surface area contributed by atoms with E-state index < -0.39 is 39.3 Å². The maximum absolute atomic E-state index is 12.5. The molecule has 0 aliphatic carbocycles. The average molecular weight is 358 g/mol. The number of aromatic nitrogens is 1. The first-order chi connectivity index (χ1) is 9.97. The highest BCUT2D eigenvalue weighted by Gasteiger charge is 2.36. The molecule has 0 saturated carbocycles. The second kappa shape index (κ2) is 5.67. The minimum Gasteiger partial charge on any atom is -0.295 e. The van der Waals surface area contributed by atoms with Crippen LogP contribution in [0.1, 0.15) is 12.0 Å². The van der Waals surface area contributed by atoms with Gasteiger partial charge in [0.1, 0.15) is 0 Å². The van der Waals surface area contributed by atoms with Gasteiger partial charge >= 0.3 is 6.18 Å². The van der Waals surface area contributed by atoms with Crippen LogP contribution in [0.15, 0.2) is 12.3 Å². The Morgan fingerprint density at radius 3 is 2.59 bits per heavy atom. The van der Waals surface area contributed by atoms with Crippen LogP contribution in [0.25, 0.3) is 0 Å². The molecule has 0 aromatic carbocycles. The van der Waals surface area contributed by atoms with E-state index in [1.165, 1.54) is 0 Å². The molecular formula is C11H11ClF3N3O3S. The SMILES string of the molecule is NS(=O)(=O)CC1CC(=O)N(c2ncc(C(F)(F)F)cc2Cl)C1. The van der Waals surface area contributed by atoms with Crippen LogP contribution < -0.4 is 10.0 Å². The van der Waals surface area contributed by atoms with Gasteiger partial charge in [0.25, 0.3) is 0 Å². The molecule has 1 saturated heterocycles. The minimum absolute atomic E-state index is 0.0205. The molecule has 11 heteroatoms. The van der Waals surface area contributed by atoms with E-state index in [1.807, 2.05) is 0 Å². The molecule has 0 spiro atoms. The first-order valence-corrected chi connectivity index (χ1v) is 8.10. The van der Waals surface area contributed by atoms with E-state index in [4.69, 9.17) is 16.7 Å². The van der Waals surface area contributed by atoms with Gasteiger partial charge in [-0.25, -0.2) is 18.5 Å². The molecule has 22 heavy (non-hydrogen) atoms. The van der Waals surface area contributed by atoms with Gasteiger partial charge in [-0.2, -0.15) is 13.2 Å². The fraction of sp³-hybridized carbons (Fsp3) is 0.455. The van der Waals surface area contributed by atoms with Crippen molar-refractivity contribution in [2.24, 2.45) is 11.1 Å². The Morgan fingerprint density at radius 2 is 2.09 bits per heavy atom. The number of nitrogens with zero attached hydrogens (tertiary/aromatic N) is 2. The Hall–Kier alpha value is -1.39. The predicted molar refractivity (Wildman–Crippen MR) is 72.7 cm³/mol. The van der Waals surface area contributed by atoms with E-state index in [1.54, 1.807) is 0 Å². The van der Waals surface area contributed by atoms with Crippen molar-refractivity contribution >= 4 is 33.3 Å². The van der Waals surface area contributed by atoms with Crippen molar-refractivity contribution in [3.63, 3.8) is 0 Å². The van der Waals surface area contributed by atoms with Crippen molar-refractivity contribution < 1.29 is 26.4 Å². The third-order valence-electron chi connectivity index (χ3n) is 3.08. The number of anilines is 1. The standard InChI is InChI=1S/C11H11ClF3N3O3S/c12-8-2-7(11(13,14)15)3-17-10(8)18-4-6(1-9(18)19)5-22(16,20)21/h2-3,6H,1,4-5H2,(H2,16,20,21). The van der Waals surface area contributed by atoms with Crippen LogP contribution >= 0.6 is 11.6 Å². The molecule has 1 aliphatic rings. The van der Waals surface area contributed by atoms with Crippen molar-refractivity contribution in [2.75, 3.05) is 17.2 Å². The number of sulfonamides is 1. The Morgan fingerprint density at radius 1 is 1.45 bits per heavy atom. The normalized spacial score (nSPS) is 19.8. The molecule has 122 valence electrons. The van der Waals surface area contributed by atoms with Gasteiger partial charge in [-0.15, -0.1) is 0 Å². The zero-order chi connectivity index (χ0) is 16.7. The number of nitrogens with two attached hydrogens (primary N) is 1. The van der Waals surface area contributed by atoms with E-state index in [0.717, 1.165) is 4.90 Å². The molecule has 1 unspecified atom stereocenters. The molecule has 1 amide bonds. The molecule has 1 fully saturated rings. The topological polar surface area (TPSA) is 93.4 Å². The van der Waals surface area contributed by atoms with Crippen molar-refractivity contribution in [1.29, 1.82) is 0 Å².